The zero-order chi connectivity index (χ0) is 19.4. The first-order valence-electron chi connectivity index (χ1n) is 8.30. The van der Waals surface area contributed by atoms with Crippen molar-refractivity contribution in [3.05, 3.63) is 17.0 Å². The van der Waals surface area contributed by atoms with Gasteiger partial charge in [-0.2, -0.15) is 5.10 Å². The summed E-state index contributed by atoms with van der Waals surface area (Å²) >= 11 is 0. The number of aliphatic imine (C=N–C) groups is 1. The lowest BCUT2D eigenvalue weighted by Gasteiger charge is -2.27. The monoisotopic (exact) mass is 372 g/mol. The van der Waals surface area contributed by atoms with Gasteiger partial charge in [0.05, 0.1) is 11.9 Å². The molecule has 0 saturated heterocycles. The minimum atomic E-state index is -3.27. The first-order valence-corrected chi connectivity index (χ1v) is 10.2. The first kappa shape index (κ1) is 21.4. The van der Waals surface area contributed by atoms with Gasteiger partial charge in [-0.15, -0.1) is 0 Å². The van der Waals surface area contributed by atoms with Gasteiger partial charge in [0.25, 0.3) is 0 Å². The molecule has 0 saturated carbocycles. The molecule has 0 amide bonds. The van der Waals surface area contributed by atoms with Gasteiger partial charge in [-0.1, -0.05) is 0 Å². The van der Waals surface area contributed by atoms with E-state index in [9.17, 15) is 8.42 Å². The van der Waals surface area contributed by atoms with E-state index in [0.29, 0.717) is 12.5 Å². The predicted octanol–water partition coefficient (Wildman–Crippen LogP) is 0.461. The van der Waals surface area contributed by atoms with Gasteiger partial charge in [-0.05, 0) is 46.6 Å². The van der Waals surface area contributed by atoms with Crippen LogP contribution in [0.15, 0.2) is 4.99 Å². The van der Waals surface area contributed by atoms with E-state index >= 15 is 0 Å². The van der Waals surface area contributed by atoms with E-state index in [4.69, 9.17) is 0 Å². The fourth-order valence-corrected chi connectivity index (χ4v) is 3.82. The number of hydrogen-bond acceptors (Lipinski definition) is 4. The van der Waals surface area contributed by atoms with Gasteiger partial charge in [-0.3, -0.25) is 9.67 Å². The van der Waals surface area contributed by atoms with Crippen LogP contribution >= 0.6 is 0 Å². The topological polar surface area (TPSA) is 100 Å². The van der Waals surface area contributed by atoms with Crippen LogP contribution in [0.5, 0.6) is 0 Å². The lowest BCUT2D eigenvalue weighted by Crippen LogP contribution is -2.54. The van der Waals surface area contributed by atoms with Crippen LogP contribution < -0.4 is 15.4 Å². The molecule has 0 aliphatic carbocycles. The normalized spacial score (nSPS) is 14.5. The van der Waals surface area contributed by atoms with Crippen molar-refractivity contribution >= 4 is 16.0 Å². The van der Waals surface area contributed by atoms with E-state index in [0.717, 1.165) is 24.1 Å². The summed E-state index contributed by atoms with van der Waals surface area (Å²) in [4.78, 5) is 4.22. The van der Waals surface area contributed by atoms with Crippen LogP contribution in [0, 0.1) is 13.8 Å². The van der Waals surface area contributed by atoms with Crippen LogP contribution in [0.2, 0.25) is 0 Å². The third-order valence-electron chi connectivity index (χ3n) is 3.94. The van der Waals surface area contributed by atoms with Gasteiger partial charge in [0.2, 0.25) is 10.0 Å². The number of nitrogens with zero attached hydrogens (tertiary/aromatic N) is 3. The minimum Gasteiger partial charge on any atom is -0.355 e. The summed E-state index contributed by atoms with van der Waals surface area (Å²) in [7, 11) is 0.373. The summed E-state index contributed by atoms with van der Waals surface area (Å²) in [5.41, 5.74) is 2.81. The summed E-state index contributed by atoms with van der Waals surface area (Å²) < 4.78 is 27.3. The summed E-state index contributed by atoms with van der Waals surface area (Å²) in [6.07, 6.45) is 1.99. The van der Waals surface area contributed by atoms with Gasteiger partial charge in [0, 0.05) is 37.9 Å². The molecule has 0 aromatic carbocycles. The molecule has 3 N–H and O–H groups in total. The van der Waals surface area contributed by atoms with Crippen molar-refractivity contribution in [1.82, 2.24) is 25.1 Å². The second-order valence-electron chi connectivity index (χ2n) is 7.21. The highest BCUT2D eigenvalue weighted by Gasteiger charge is 2.22. The summed E-state index contributed by atoms with van der Waals surface area (Å²) in [6.45, 7) is 10.2. The van der Waals surface area contributed by atoms with E-state index in [-0.39, 0.29) is 6.04 Å². The molecule has 0 radical (unpaired) electrons. The van der Waals surface area contributed by atoms with Crippen molar-refractivity contribution in [2.45, 2.75) is 52.6 Å². The smallest absolute Gasteiger partial charge is 0.209 e. The van der Waals surface area contributed by atoms with E-state index in [2.05, 4.69) is 39.3 Å². The molecule has 1 aromatic rings. The maximum Gasteiger partial charge on any atom is 0.209 e. The summed E-state index contributed by atoms with van der Waals surface area (Å²) in [5, 5.41) is 11.0. The van der Waals surface area contributed by atoms with Crippen LogP contribution in [-0.2, 0) is 23.5 Å². The number of guanidine groups is 1. The largest absolute Gasteiger partial charge is 0.355 e. The van der Waals surface area contributed by atoms with Gasteiger partial charge < -0.3 is 10.6 Å². The predicted molar refractivity (Wildman–Crippen MR) is 102 cm³/mol. The molecule has 144 valence electrons. The number of nitrogens with one attached hydrogen (secondary N) is 3. The zero-order valence-corrected chi connectivity index (χ0v) is 17.4. The lowest BCUT2D eigenvalue weighted by molar-refractivity contribution is 0.445. The highest BCUT2D eigenvalue weighted by Crippen LogP contribution is 2.14. The van der Waals surface area contributed by atoms with Crippen molar-refractivity contribution in [3.8, 4) is 0 Å². The molecule has 0 spiro atoms. The average molecular weight is 373 g/mol. The summed E-state index contributed by atoms with van der Waals surface area (Å²) in [5.74, 6) is 0.634. The van der Waals surface area contributed by atoms with Crippen molar-refractivity contribution in [2.24, 2.45) is 12.0 Å². The molecule has 25 heavy (non-hydrogen) atoms. The fraction of sp³-hybridized carbons (Fsp3) is 0.750. The Kier molecular flexibility index (Phi) is 7.01. The van der Waals surface area contributed by atoms with Crippen LogP contribution in [0.4, 0.5) is 0 Å². The second kappa shape index (κ2) is 8.18. The highest BCUT2D eigenvalue weighted by atomic mass is 32.2. The molecule has 0 fully saturated rings. The van der Waals surface area contributed by atoms with Crippen molar-refractivity contribution in [2.75, 3.05) is 19.8 Å². The van der Waals surface area contributed by atoms with Crippen LogP contribution in [-0.4, -0.2) is 55.6 Å². The standard InChI is InChI=1S/C16H32N6O2S/c1-11(9-14-12(2)20-22(7)13(14)3)19-15(17-6)18-10-16(4,5)21-25(8,23)24/h11,21H,9-10H2,1-8H3,(H2,17,18,19). The molecule has 1 atom stereocenters. The molecule has 0 aliphatic rings. The molecule has 1 heterocycles. The molecule has 0 bridgehead atoms. The Bertz CT molecular complexity index is 721. The fourth-order valence-electron chi connectivity index (χ4n) is 2.74. The minimum absolute atomic E-state index is 0.152. The molecule has 1 aromatic heterocycles. The Morgan fingerprint density at radius 2 is 1.96 bits per heavy atom. The van der Waals surface area contributed by atoms with Gasteiger partial charge >= 0.3 is 0 Å². The molecular formula is C16H32N6O2S. The Morgan fingerprint density at radius 3 is 2.40 bits per heavy atom. The van der Waals surface area contributed by atoms with E-state index in [1.807, 2.05) is 32.5 Å². The first-order chi connectivity index (χ1) is 11.3. The zero-order valence-electron chi connectivity index (χ0n) is 16.6. The Morgan fingerprint density at radius 1 is 1.36 bits per heavy atom. The third-order valence-corrected chi connectivity index (χ3v) is 4.86. The number of hydrogen-bond donors (Lipinski definition) is 3. The second-order valence-corrected chi connectivity index (χ2v) is 8.95. The molecule has 1 rings (SSSR count). The Balaban J connectivity index is 2.64. The van der Waals surface area contributed by atoms with Crippen molar-refractivity contribution < 1.29 is 8.42 Å². The summed E-state index contributed by atoms with van der Waals surface area (Å²) in [6, 6.07) is 0.152. The molecule has 8 nitrogen and oxygen atoms in total. The van der Waals surface area contributed by atoms with Crippen LogP contribution in [0.1, 0.15) is 37.7 Å². The van der Waals surface area contributed by atoms with Gasteiger partial charge in [0.1, 0.15) is 0 Å². The Labute approximate surface area is 151 Å². The molecular weight excluding hydrogens is 340 g/mol. The van der Waals surface area contributed by atoms with Gasteiger partial charge in [0.15, 0.2) is 5.96 Å². The number of aryl methyl sites for hydroxylation is 2. The molecule has 9 heteroatoms. The number of rotatable bonds is 7. The number of sulfonamides is 1. The quantitative estimate of drug-likeness (QED) is 0.477. The van der Waals surface area contributed by atoms with E-state index < -0.39 is 15.6 Å². The van der Waals surface area contributed by atoms with Crippen molar-refractivity contribution in [1.29, 1.82) is 0 Å². The number of aromatic nitrogens is 2. The SMILES string of the molecule is CN=C(NCC(C)(C)NS(C)(=O)=O)NC(C)Cc1c(C)nn(C)c1C. The molecule has 0 aliphatic heterocycles. The van der Waals surface area contributed by atoms with Gasteiger partial charge in [-0.25, -0.2) is 13.1 Å². The van der Waals surface area contributed by atoms with Crippen LogP contribution in [0.25, 0.3) is 0 Å². The van der Waals surface area contributed by atoms with E-state index in [1.165, 1.54) is 5.56 Å². The highest BCUT2D eigenvalue weighted by molar-refractivity contribution is 7.88. The lowest BCUT2D eigenvalue weighted by atomic mass is 10.1. The third kappa shape index (κ3) is 7.03. The molecule has 1 unspecified atom stereocenters. The van der Waals surface area contributed by atoms with E-state index in [1.54, 1.807) is 7.05 Å². The maximum atomic E-state index is 11.4. The Hall–Kier alpha value is -1.61. The average Bonchev–Trinajstić information content (AvgIpc) is 2.67. The maximum absolute atomic E-state index is 11.4. The van der Waals surface area contributed by atoms with Crippen LogP contribution in [0.3, 0.4) is 0 Å². The van der Waals surface area contributed by atoms with Crippen molar-refractivity contribution in [3.63, 3.8) is 0 Å².